The van der Waals surface area contributed by atoms with E-state index in [0.717, 1.165) is 24.3 Å². The Morgan fingerprint density at radius 2 is 2.00 bits per heavy atom. The number of morpholine rings is 1. The fraction of sp³-hybridized carbons (Fsp3) is 0.533. The van der Waals surface area contributed by atoms with Gasteiger partial charge in [0.2, 0.25) is 0 Å². The van der Waals surface area contributed by atoms with E-state index in [1.807, 2.05) is 31.2 Å². The monoisotopic (exact) mass is 293 g/mol. The lowest BCUT2D eigenvalue weighted by Crippen LogP contribution is -2.45. The van der Waals surface area contributed by atoms with Crippen LogP contribution >= 0.6 is 0 Å². The van der Waals surface area contributed by atoms with Gasteiger partial charge in [-0.1, -0.05) is 17.7 Å². The Balaban J connectivity index is 1.66. The zero-order valence-corrected chi connectivity index (χ0v) is 12.3. The molecule has 1 aliphatic rings. The summed E-state index contributed by atoms with van der Waals surface area (Å²) in [6.45, 7) is 5.83. The highest BCUT2D eigenvalue weighted by molar-refractivity contribution is 5.89. The molecule has 3 N–H and O–H groups in total. The predicted octanol–water partition coefficient (Wildman–Crippen LogP) is 0.810. The molecule has 0 unspecified atom stereocenters. The first-order valence-electron chi connectivity index (χ1n) is 7.23. The van der Waals surface area contributed by atoms with Gasteiger partial charge in [0.05, 0.1) is 19.3 Å². The summed E-state index contributed by atoms with van der Waals surface area (Å²) >= 11 is 0. The van der Waals surface area contributed by atoms with E-state index in [4.69, 9.17) is 4.74 Å². The van der Waals surface area contributed by atoms with Gasteiger partial charge in [-0.25, -0.2) is 4.79 Å². The summed E-state index contributed by atoms with van der Waals surface area (Å²) in [5.41, 5.74) is 1.88. The Morgan fingerprint density at radius 1 is 1.33 bits per heavy atom. The predicted molar refractivity (Wildman–Crippen MR) is 81.5 cm³/mol. The van der Waals surface area contributed by atoms with E-state index in [1.165, 1.54) is 0 Å². The quantitative estimate of drug-likeness (QED) is 0.751. The number of carbonyl (C=O) groups is 1. The molecule has 2 amide bonds. The number of carbonyl (C=O) groups excluding carboxylic acids is 1. The number of aryl methyl sites for hydroxylation is 1. The number of benzene rings is 1. The van der Waals surface area contributed by atoms with Crippen LogP contribution in [-0.2, 0) is 4.74 Å². The molecule has 0 radical (unpaired) electrons. The molecule has 1 atom stereocenters. The number of anilines is 1. The number of hydrogen-bond acceptors (Lipinski definition) is 4. The molecular weight excluding hydrogens is 270 g/mol. The second-order valence-electron chi connectivity index (χ2n) is 5.27. The summed E-state index contributed by atoms with van der Waals surface area (Å²) in [7, 11) is 0. The number of rotatable bonds is 5. The van der Waals surface area contributed by atoms with Gasteiger partial charge in [0, 0.05) is 31.9 Å². The van der Waals surface area contributed by atoms with E-state index in [-0.39, 0.29) is 12.6 Å². The molecule has 116 valence electrons. The van der Waals surface area contributed by atoms with Crippen LogP contribution in [0.1, 0.15) is 5.56 Å². The van der Waals surface area contributed by atoms with Crippen molar-refractivity contribution >= 4 is 11.7 Å². The van der Waals surface area contributed by atoms with Crippen LogP contribution in [0.25, 0.3) is 0 Å². The lowest BCUT2D eigenvalue weighted by Gasteiger charge is -2.28. The molecule has 6 nitrogen and oxygen atoms in total. The summed E-state index contributed by atoms with van der Waals surface area (Å²) < 4.78 is 5.25. The number of β-amino-alcohol motifs (C(OH)–C–C–N with tert-alkyl or cyclic N) is 1. The minimum absolute atomic E-state index is 0.231. The largest absolute Gasteiger partial charge is 0.390 e. The number of amides is 2. The average molecular weight is 293 g/mol. The van der Waals surface area contributed by atoms with Crippen LogP contribution in [-0.4, -0.2) is 61.5 Å². The van der Waals surface area contributed by atoms with E-state index in [0.29, 0.717) is 19.8 Å². The molecule has 2 rings (SSSR count). The van der Waals surface area contributed by atoms with Crippen LogP contribution in [0.4, 0.5) is 10.5 Å². The Hall–Kier alpha value is -1.63. The highest BCUT2D eigenvalue weighted by atomic mass is 16.5. The molecule has 0 bridgehead atoms. The lowest BCUT2D eigenvalue weighted by atomic mass is 10.2. The smallest absolute Gasteiger partial charge is 0.319 e. The topological polar surface area (TPSA) is 73.8 Å². The average Bonchev–Trinajstić information content (AvgIpc) is 2.49. The van der Waals surface area contributed by atoms with Crippen molar-refractivity contribution in [3.8, 4) is 0 Å². The maximum Gasteiger partial charge on any atom is 0.319 e. The molecule has 1 fully saturated rings. The number of nitrogens with one attached hydrogen (secondary N) is 2. The Morgan fingerprint density at radius 3 is 2.67 bits per heavy atom. The number of nitrogens with zero attached hydrogens (tertiary/aromatic N) is 1. The fourth-order valence-corrected chi connectivity index (χ4v) is 2.17. The number of hydrogen-bond donors (Lipinski definition) is 3. The normalized spacial score (nSPS) is 17.2. The molecular formula is C15H23N3O3. The highest BCUT2D eigenvalue weighted by Crippen LogP contribution is 2.08. The molecule has 1 saturated heterocycles. The van der Waals surface area contributed by atoms with Gasteiger partial charge < -0.3 is 20.5 Å². The molecule has 21 heavy (non-hydrogen) atoms. The number of aliphatic hydroxyl groups excluding tert-OH is 1. The SMILES string of the molecule is Cc1ccc(NC(=O)NC[C@@H](O)CN2CCOCC2)cc1. The van der Waals surface area contributed by atoms with E-state index in [1.54, 1.807) is 0 Å². The van der Waals surface area contributed by atoms with Crippen molar-refractivity contribution in [1.29, 1.82) is 0 Å². The molecule has 1 aliphatic heterocycles. The first kappa shape index (κ1) is 15.8. The highest BCUT2D eigenvalue weighted by Gasteiger charge is 2.15. The third-order valence-corrected chi connectivity index (χ3v) is 3.38. The van der Waals surface area contributed by atoms with Crippen molar-refractivity contribution in [3.05, 3.63) is 29.8 Å². The van der Waals surface area contributed by atoms with Crippen LogP contribution in [0.5, 0.6) is 0 Å². The van der Waals surface area contributed by atoms with Gasteiger partial charge in [-0.15, -0.1) is 0 Å². The van der Waals surface area contributed by atoms with Gasteiger partial charge in [0.15, 0.2) is 0 Å². The van der Waals surface area contributed by atoms with Gasteiger partial charge in [0.25, 0.3) is 0 Å². The van der Waals surface area contributed by atoms with Crippen LogP contribution < -0.4 is 10.6 Å². The fourth-order valence-electron chi connectivity index (χ4n) is 2.17. The van der Waals surface area contributed by atoms with Crippen LogP contribution in [0.3, 0.4) is 0 Å². The van der Waals surface area contributed by atoms with Crippen molar-refractivity contribution in [1.82, 2.24) is 10.2 Å². The lowest BCUT2D eigenvalue weighted by molar-refractivity contribution is 0.0154. The molecule has 1 aromatic carbocycles. The summed E-state index contributed by atoms with van der Waals surface area (Å²) in [5, 5.41) is 15.3. The van der Waals surface area contributed by atoms with Crippen LogP contribution in [0, 0.1) is 6.92 Å². The third kappa shape index (κ3) is 5.71. The van der Waals surface area contributed by atoms with Gasteiger partial charge in [-0.3, -0.25) is 4.90 Å². The van der Waals surface area contributed by atoms with Gasteiger partial charge in [-0.05, 0) is 19.1 Å². The zero-order valence-electron chi connectivity index (χ0n) is 12.3. The first-order valence-corrected chi connectivity index (χ1v) is 7.23. The number of ether oxygens (including phenoxy) is 1. The maximum atomic E-state index is 11.7. The molecule has 1 aromatic rings. The van der Waals surface area contributed by atoms with E-state index in [2.05, 4.69) is 15.5 Å². The Bertz CT molecular complexity index is 444. The van der Waals surface area contributed by atoms with Gasteiger partial charge in [0.1, 0.15) is 0 Å². The van der Waals surface area contributed by atoms with Crippen molar-refractivity contribution in [2.24, 2.45) is 0 Å². The molecule has 0 saturated carbocycles. The Kier molecular flexibility index (Phi) is 5.98. The van der Waals surface area contributed by atoms with E-state index in [9.17, 15) is 9.90 Å². The maximum absolute atomic E-state index is 11.7. The minimum atomic E-state index is -0.577. The summed E-state index contributed by atoms with van der Waals surface area (Å²) in [5.74, 6) is 0. The second kappa shape index (κ2) is 7.97. The van der Waals surface area contributed by atoms with Crippen molar-refractivity contribution < 1.29 is 14.6 Å². The molecule has 0 aliphatic carbocycles. The molecule has 0 spiro atoms. The zero-order chi connectivity index (χ0) is 15.1. The van der Waals surface area contributed by atoms with Gasteiger partial charge in [-0.2, -0.15) is 0 Å². The number of urea groups is 1. The summed E-state index contributed by atoms with van der Waals surface area (Å²) in [4.78, 5) is 13.9. The Labute approximate surface area is 125 Å². The van der Waals surface area contributed by atoms with E-state index < -0.39 is 6.10 Å². The first-order chi connectivity index (χ1) is 10.1. The molecule has 0 aromatic heterocycles. The van der Waals surface area contributed by atoms with E-state index >= 15 is 0 Å². The van der Waals surface area contributed by atoms with Crippen LogP contribution in [0.15, 0.2) is 24.3 Å². The minimum Gasteiger partial charge on any atom is -0.390 e. The van der Waals surface area contributed by atoms with Crippen molar-refractivity contribution in [2.75, 3.05) is 44.7 Å². The van der Waals surface area contributed by atoms with Crippen molar-refractivity contribution in [3.63, 3.8) is 0 Å². The second-order valence-corrected chi connectivity index (χ2v) is 5.27. The molecule has 6 heteroatoms. The van der Waals surface area contributed by atoms with Crippen molar-refractivity contribution in [2.45, 2.75) is 13.0 Å². The summed E-state index contributed by atoms with van der Waals surface area (Å²) in [6, 6.07) is 7.25. The van der Waals surface area contributed by atoms with Gasteiger partial charge >= 0.3 is 6.03 Å². The standard InChI is InChI=1S/C15H23N3O3/c1-12-2-4-13(5-3-12)17-15(20)16-10-14(19)11-18-6-8-21-9-7-18/h2-5,14,19H,6-11H2,1H3,(H2,16,17,20)/t14-/m1/s1. The third-order valence-electron chi connectivity index (χ3n) is 3.38. The van der Waals surface area contributed by atoms with Crippen LogP contribution in [0.2, 0.25) is 0 Å². The number of aliphatic hydroxyl groups is 1. The summed E-state index contributed by atoms with van der Waals surface area (Å²) in [6.07, 6.45) is -0.577. The molecule has 1 heterocycles.